The molecule has 5 nitrogen and oxygen atoms in total. The maximum atomic E-state index is 11.8. The lowest BCUT2D eigenvalue weighted by atomic mass is 10.0. The fourth-order valence-corrected chi connectivity index (χ4v) is 2.10. The van der Waals surface area contributed by atoms with Gasteiger partial charge in [0.25, 0.3) is 0 Å². The molecule has 22 heavy (non-hydrogen) atoms. The number of benzene rings is 1. The lowest BCUT2D eigenvalue weighted by molar-refractivity contribution is -0.136. The summed E-state index contributed by atoms with van der Waals surface area (Å²) < 4.78 is 0. The summed E-state index contributed by atoms with van der Waals surface area (Å²) in [4.78, 5) is 26.3. The standard InChI is InChI=1S/C17H17NO4/c1-2-11-3-5-12(6-4-11)13-9-15(20)17(18-10-13)14(19)7-8-16(21)22/h3-6,9-10,20H,2,7-8H2,1H3,(H,21,22). The molecule has 0 spiro atoms. The van der Waals surface area contributed by atoms with Crippen molar-refractivity contribution in [2.24, 2.45) is 0 Å². The smallest absolute Gasteiger partial charge is 0.303 e. The number of Topliss-reactive ketones (excluding diaryl/α,β-unsaturated/α-hetero) is 1. The SMILES string of the molecule is CCc1ccc(-c2cnc(C(=O)CCC(=O)O)c(O)c2)cc1. The van der Waals surface area contributed by atoms with Gasteiger partial charge in [-0.2, -0.15) is 0 Å². The zero-order valence-corrected chi connectivity index (χ0v) is 12.2. The molecule has 2 N–H and O–H groups in total. The molecular weight excluding hydrogens is 282 g/mol. The van der Waals surface area contributed by atoms with E-state index < -0.39 is 11.8 Å². The van der Waals surface area contributed by atoms with Gasteiger partial charge in [-0.25, -0.2) is 4.98 Å². The first-order valence-corrected chi connectivity index (χ1v) is 7.04. The highest BCUT2D eigenvalue weighted by Gasteiger charge is 2.15. The van der Waals surface area contributed by atoms with Crippen LogP contribution in [0.1, 0.15) is 35.8 Å². The van der Waals surface area contributed by atoms with E-state index in [4.69, 9.17) is 5.11 Å². The van der Waals surface area contributed by atoms with E-state index in [1.165, 1.54) is 17.8 Å². The van der Waals surface area contributed by atoms with Crippen molar-refractivity contribution in [2.45, 2.75) is 26.2 Å². The number of hydrogen-bond acceptors (Lipinski definition) is 4. The molecule has 1 heterocycles. The summed E-state index contributed by atoms with van der Waals surface area (Å²) in [6.07, 6.45) is 2.00. The molecule has 2 aromatic rings. The molecule has 2 rings (SSSR count). The maximum absolute atomic E-state index is 11.8. The van der Waals surface area contributed by atoms with Crippen LogP contribution in [0.4, 0.5) is 0 Å². The average Bonchev–Trinajstić information content (AvgIpc) is 2.52. The maximum Gasteiger partial charge on any atom is 0.303 e. The Morgan fingerprint density at radius 1 is 1.09 bits per heavy atom. The molecule has 0 fully saturated rings. The van der Waals surface area contributed by atoms with Crippen LogP contribution in [-0.2, 0) is 11.2 Å². The molecule has 0 amide bonds. The molecule has 0 unspecified atom stereocenters. The third-order valence-corrected chi connectivity index (χ3v) is 3.39. The quantitative estimate of drug-likeness (QED) is 0.800. The normalized spacial score (nSPS) is 10.4. The number of nitrogens with zero attached hydrogens (tertiary/aromatic N) is 1. The number of carbonyl (C=O) groups is 2. The van der Waals surface area contributed by atoms with Crippen LogP contribution in [0, 0.1) is 0 Å². The summed E-state index contributed by atoms with van der Waals surface area (Å²) in [5, 5.41) is 18.5. The number of ketones is 1. The molecule has 0 atom stereocenters. The molecule has 1 aromatic heterocycles. The van der Waals surface area contributed by atoms with E-state index in [1.807, 2.05) is 24.3 Å². The molecule has 5 heteroatoms. The zero-order chi connectivity index (χ0) is 16.1. The van der Waals surface area contributed by atoms with Crippen LogP contribution in [-0.4, -0.2) is 26.9 Å². The Labute approximate surface area is 128 Å². The molecular formula is C17H17NO4. The van der Waals surface area contributed by atoms with Crippen molar-refractivity contribution >= 4 is 11.8 Å². The topological polar surface area (TPSA) is 87.5 Å². The van der Waals surface area contributed by atoms with E-state index in [0.29, 0.717) is 5.56 Å². The summed E-state index contributed by atoms with van der Waals surface area (Å²) in [6.45, 7) is 2.07. The number of carboxylic acid groups (broad SMARTS) is 1. The van der Waals surface area contributed by atoms with Gasteiger partial charge in [0.1, 0.15) is 11.4 Å². The zero-order valence-electron chi connectivity index (χ0n) is 12.2. The number of carboxylic acids is 1. The molecule has 0 radical (unpaired) electrons. The van der Waals surface area contributed by atoms with Crippen molar-refractivity contribution in [3.63, 3.8) is 0 Å². The third kappa shape index (κ3) is 3.69. The second-order valence-corrected chi connectivity index (χ2v) is 4.96. The molecule has 0 bridgehead atoms. The van der Waals surface area contributed by atoms with Gasteiger partial charge in [-0.1, -0.05) is 31.2 Å². The molecule has 0 aliphatic rings. The van der Waals surface area contributed by atoms with Gasteiger partial charge in [0.15, 0.2) is 5.78 Å². The van der Waals surface area contributed by atoms with Crippen LogP contribution in [0.25, 0.3) is 11.1 Å². The highest BCUT2D eigenvalue weighted by atomic mass is 16.4. The number of aromatic hydroxyl groups is 1. The van der Waals surface area contributed by atoms with Crippen molar-refractivity contribution in [3.05, 3.63) is 47.8 Å². The van der Waals surface area contributed by atoms with Gasteiger partial charge in [-0.3, -0.25) is 9.59 Å². The summed E-state index contributed by atoms with van der Waals surface area (Å²) in [7, 11) is 0. The number of aryl methyl sites for hydroxylation is 1. The predicted octanol–water partition coefficient (Wildman–Crippen LogP) is 3.06. The Bertz CT molecular complexity index is 692. The highest BCUT2D eigenvalue weighted by Crippen LogP contribution is 2.26. The number of rotatable bonds is 6. The van der Waals surface area contributed by atoms with E-state index in [-0.39, 0.29) is 24.3 Å². The second-order valence-electron chi connectivity index (χ2n) is 4.96. The number of carbonyl (C=O) groups excluding carboxylic acids is 1. The Balaban J connectivity index is 2.21. The molecule has 0 aliphatic heterocycles. The van der Waals surface area contributed by atoms with E-state index in [9.17, 15) is 14.7 Å². The predicted molar refractivity (Wildman–Crippen MR) is 81.9 cm³/mol. The van der Waals surface area contributed by atoms with E-state index >= 15 is 0 Å². The van der Waals surface area contributed by atoms with Crippen molar-refractivity contribution in [3.8, 4) is 16.9 Å². The van der Waals surface area contributed by atoms with Crippen molar-refractivity contribution in [1.29, 1.82) is 0 Å². The van der Waals surface area contributed by atoms with Gasteiger partial charge in [0.05, 0.1) is 6.42 Å². The molecule has 1 aromatic carbocycles. The number of aromatic nitrogens is 1. The van der Waals surface area contributed by atoms with Crippen molar-refractivity contribution in [2.75, 3.05) is 0 Å². The lowest BCUT2D eigenvalue weighted by Crippen LogP contribution is -2.06. The number of hydrogen-bond donors (Lipinski definition) is 2. The Morgan fingerprint density at radius 2 is 1.77 bits per heavy atom. The van der Waals surface area contributed by atoms with Gasteiger partial charge >= 0.3 is 5.97 Å². The molecule has 0 saturated carbocycles. The van der Waals surface area contributed by atoms with Crippen LogP contribution in [0.3, 0.4) is 0 Å². The minimum Gasteiger partial charge on any atom is -0.506 e. The number of aliphatic carboxylic acids is 1. The minimum absolute atomic E-state index is 0.0878. The Hall–Kier alpha value is -2.69. The molecule has 0 aliphatic carbocycles. The summed E-state index contributed by atoms with van der Waals surface area (Å²) >= 11 is 0. The van der Waals surface area contributed by atoms with Crippen LogP contribution in [0.5, 0.6) is 5.75 Å². The number of pyridine rings is 1. The first-order chi connectivity index (χ1) is 10.5. The van der Waals surface area contributed by atoms with Gasteiger partial charge in [0.2, 0.25) is 0 Å². The van der Waals surface area contributed by atoms with Crippen LogP contribution >= 0.6 is 0 Å². The highest BCUT2D eigenvalue weighted by molar-refractivity contribution is 5.98. The van der Waals surface area contributed by atoms with Gasteiger partial charge < -0.3 is 10.2 Å². The van der Waals surface area contributed by atoms with E-state index in [0.717, 1.165) is 12.0 Å². The Morgan fingerprint density at radius 3 is 2.32 bits per heavy atom. The fourth-order valence-electron chi connectivity index (χ4n) is 2.10. The molecule has 0 saturated heterocycles. The fraction of sp³-hybridized carbons (Fsp3) is 0.235. The molecule has 114 valence electrons. The largest absolute Gasteiger partial charge is 0.506 e. The van der Waals surface area contributed by atoms with E-state index in [1.54, 1.807) is 0 Å². The van der Waals surface area contributed by atoms with Crippen LogP contribution in [0.15, 0.2) is 36.5 Å². The summed E-state index contributed by atoms with van der Waals surface area (Å²) in [6, 6.07) is 9.33. The van der Waals surface area contributed by atoms with Gasteiger partial charge in [-0.15, -0.1) is 0 Å². The van der Waals surface area contributed by atoms with E-state index in [2.05, 4.69) is 11.9 Å². The van der Waals surface area contributed by atoms with Crippen LogP contribution in [0.2, 0.25) is 0 Å². The van der Waals surface area contributed by atoms with Crippen molar-refractivity contribution < 1.29 is 19.8 Å². The first-order valence-electron chi connectivity index (χ1n) is 7.04. The average molecular weight is 299 g/mol. The summed E-state index contributed by atoms with van der Waals surface area (Å²) in [5.41, 5.74) is 2.72. The van der Waals surface area contributed by atoms with Crippen molar-refractivity contribution in [1.82, 2.24) is 4.98 Å². The van der Waals surface area contributed by atoms with Gasteiger partial charge in [0, 0.05) is 18.2 Å². The lowest BCUT2D eigenvalue weighted by Gasteiger charge is -2.06. The first kappa shape index (κ1) is 15.7. The third-order valence-electron chi connectivity index (χ3n) is 3.39. The Kier molecular flexibility index (Phi) is 4.88. The van der Waals surface area contributed by atoms with Gasteiger partial charge in [-0.05, 0) is 23.6 Å². The minimum atomic E-state index is -1.06. The summed E-state index contributed by atoms with van der Waals surface area (Å²) in [5.74, 6) is -1.76. The second kappa shape index (κ2) is 6.85. The van der Waals surface area contributed by atoms with Crippen LogP contribution < -0.4 is 0 Å². The monoisotopic (exact) mass is 299 g/mol.